The first-order chi connectivity index (χ1) is 12.5. The number of nitrogens with zero attached hydrogens (tertiary/aromatic N) is 2. The molecular weight excluding hydrogens is 348 g/mol. The van der Waals surface area contributed by atoms with E-state index in [0.717, 1.165) is 12.0 Å². The van der Waals surface area contributed by atoms with E-state index in [0.29, 0.717) is 37.3 Å². The molecule has 2 aliphatic heterocycles. The normalized spacial score (nSPS) is 16.3. The van der Waals surface area contributed by atoms with Gasteiger partial charge in [0.05, 0.1) is 11.4 Å². The summed E-state index contributed by atoms with van der Waals surface area (Å²) < 4.78 is 25.9. The van der Waals surface area contributed by atoms with Crippen LogP contribution in [0.3, 0.4) is 0 Å². The number of anilines is 1. The number of carbonyl (C=O) groups is 1. The Balaban J connectivity index is 1.58. The summed E-state index contributed by atoms with van der Waals surface area (Å²) in [4.78, 5) is 14.8. The van der Waals surface area contributed by atoms with Gasteiger partial charge in [0, 0.05) is 25.2 Å². The molecule has 2 heterocycles. The van der Waals surface area contributed by atoms with Crippen LogP contribution in [0.4, 0.5) is 5.69 Å². The van der Waals surface area contributed by atoms with E-state index < -0.39 is 10.0 Å². The third-order valence-electron chi connectivity index (χ3n) is 5.30. The fraction of sp³-hybridized carbons (Fsp3) is 0.350. The van der Waals surface area contributed by atoms with Crippen molar-refractivity contribution < 1.29 is 13.2 Å². The average Bonchev–Trinajstić information content (AvgIpc) is 3.11. The summed E-state index contributed by atoms with van der Waals surface area (Å²) in [6.45, 7) is 3.45. The van der Waals surface area contributed by atoms with E-state index in [2.05, 4.69) is 12.1 Å². The van der Waals surface area contributed by atoms with E-state index in [1.807, 2.05) is 23.1 Å². The van der Waals surface area contributed by atoms with Crippen LogP contribution < -0.4 is 4.31 Å². The minimum Gasteiger partial charge on any atom is -0.334 e. The molecule has 136 valence electrons. The maximum atomic E-state index is 12.9. The largest absolute Gasteiger partial charge is 0.334 e. The number of hydrogen-bond acceptors (Lipinski definition) is 3. The summed E-state index contributed by atoms with van der Waals surface area (Å²) in [6.07, 6.45) is 1.52. The van der Waals surface area contributed by atoms with Crippen molar-refractivity contribution in [3.63, 3.8) is 0 Å². The molecule has 0 aliphatic carbocycles. The monoisotopic (exact) mass is 370 g/mol. The minimum absolute atomic E-state index is 0.0131. The van der Waals surface area contributed by atoms with Crippen molar-refractivity contribution >= 4 is 21.6 Å². The molecule has 2 aliphatic rings. The summed E-state index contributed by atoms with van der Waals surface area (Å²) in [5.74, 6) is 0.0967. The van der Waals surface area contributed by atoms with Crippen molar-refractivity contribution in [1.82, 2.24) is 4.90 Å². The zero-order valence-corrected chi connectivity index (χ0v) is 15.6. The molecule has 0 saturated heterocycles. The van der Waals surface area contributed by atoms with Gasteiger partial charge < -0.3 is 4.90 Å². The first-order valence-corrected chi connectivity index (χ1v) is 10.6. The summed E-state index contributed by atoms with van der Waals surface area (Å²) in [6, 6.07) is 13.6. The van der Waals surface area contributed by atoms with Gasteiger partial charge in [0.1, 0.15) is 0 Å². The van der Waals surface area contributed by atoms with Crippen LogP contribution in [0, 0.1) is 0 Å². The van der Waals surface area contributed by atoms with Gasteiger partial charge in [-0.3, -0.25) is 9.10 Å². The second kappa shape index (κ2) is 6.43. The van der Waals surface area contributed by atoms with E-state index in [1.54, 1.807) is 19.1 Å². The van der Waals surface area contributed by atoms with Gasteiger partial charge in [0.25, 0.3) is 5.91 Å². The molecule has 0 fully saturated rings. The lowest BCUT2D eigenvalue weighted by molar-refractivity contribution is 0.0734. The van der Waals surface area contributed by atoms with Gasteiger partial charge in [-0.15, -0.1) is 0 Å². The van der Waals surface area contributed by atoms with Crippen LogP contribution in [0.25, 0.3) is 0 Å². The zero-order valence-electron chi connectivity index (χ0n) is 14.8. The highest BCUT2D eigenvalue weighted by molar-refractivity contribution is 7.92. The Morgan fingerprint density at radius 1 is 1.00 bits per heavy atom. The summed E-state index contributed by atoms with van der Waals surface area (Å²) in [7, 11) is -3.26. The fourth-order valence-corrected chi connectivity index (χ4v) is 4.96. The smallest absolute Gasteiger partial charge is 0.254 e. The third-order valence-corrected chi connectivity index (χ3v) is 7.08. The lowest BCUT2D eigenvalue weighted by Crippen LogP contribution is -2.36. The van der Waals surface area contributed by atoms with E-state index in [1.165, 1.54) is 15.4 Å². The lowest BCUT2D eigenvalue weighted by Gasteiger charge is -2.29. The lowest BCUT2D eigenvalue weighted by atomic mass is 9.99. The molecule has 2 aromatic carbocycles. The van der Waals surface area contributed by atoms with Crippen molar-refractivity contribution in [2.24, 2.45) is 0 Å². The highest BCUT2D eigenvalue weighted by atomic mass is 32.2. The summed E-state index contributed by atoms with van der Waals surface area (Å²) in [5.41, 5.74) is 4.80. The Labute approximate surface area is 154 Å². The standard InChI is InChI=1S/C20H22N2O3S/c1-2-26(24,25)22-12-10-16-13-17(7-8-19(16)22)20(23)21-11-9-15-5-3-4-6-18(15)14-21/h3-8,13H,2,9-12,14H2,1H3. The van der Waals surface area contributed by atoms with E-state index in [4.69, 9.17) is 0 Å². The molecule has 0 aromatic heterocycles. The number of benzene rings is 2. The Bertz CT molecular complexity index is 969. The topological polar surface area (TPSA) is 57.7 Å². The molecule has 5 nitrogen and oxygen atoms in total. The fourth-order valence-electron chi connectivity index (χ4n) is 3.80. The van der Waals surface area contributed by atoms with Crippen LogP contribution >= 0.6 is 0 Å². The van der Waals surface area contributed by atoms with E-state index >= 15 is 0 Å². The molecule has 0 atom stereocenters. The zero-order chi connectivity index (χ0) is 18.3. The second-order valence-electron chi connectivity index (χ2n) is 6.81. The molecular formula is C20H22N2O3S. The molecule has 1 amide bonds. The molecule has 4 rings (SSSR count). The van der Waals surface area contributed by atoms with Crippen LogP contribution in [-0.2, 0) is 29.4 Å². The molecule has 26 heavy (non-hydrogen) atoms. The quantitative estimate of drug-likeness (QED) is 0.834. The average molecular weight is 370 g/mol. The van der Waals surface area contributed by atoms with Gasteiger partial charge in [-0.05, 0) is 54.7 Å². The first-order valence-electron chi connectivity index (χ1n) is 8.99. The van der Waals surface area contributed by atoms with Crippen LogP contribution in [0.5, 0.6) is 0 Å². The molecule has 0 radical (unpaired) electrons. The SMILES string of the molecule is CCS(=O)(=O)N1CCc2cc(C(=O)N3CCc4ccccc4C3)ccc21. The molecule has 6 heteroatoms. The Kier molecular flexibility index (Phi) is 4.23. The molecule has 2 aromatic rings. The maximum absolute atomic E-state index is 12.9. The Morgan fingerprint density at radius 2 is 1.73 bits per heavy atom. The van der Waals surface area contributed by atoms with Gasteiger partial charge in [-0.1, -0.05) is 24.3 Å². The third kappa shape index (κ3) is 2.88. The van der Waals surface area contributed by atoms with Gasteiger partial charge in [-0.2, -0.15) is 0 Å². The van der Waals surface area contributed by atoms with Crippen molar-refractivity contribution in [1.29, 1.82) is 0 Å². The summed E-state index contributed by atoms with van der Waals surface area (Å²) in [5, 5.41) is 0. The molecule has 0 N–H and O–H groups in total. The van der Waals surface area contributed by atoms with Crippen molar-refractivity contribution in [3.05, 3.63) is 64.7 Å². The molecule has 0 unspecified atom stereocenters. The first kappa shape index (κ1) is 17.1. The van der Waals surface area contributed by atoms with Gasteiger partial charge in [0.2, 0.25) is 10.0 Å². The van der Waals surface area contributed by atoms with Crippen molar-refractivity contribution in [2.45, 2.75) is 26.3 Å². The molecule has 0 bridgehead atoms. The minimum atomic E-state index is -3.26. The van der Waals surface area contributed by atoms with Gasteiger partial charge in [-0.25, -0.2) is 8.42 Å². The van der Waals surface area contributed by atoms with E-state index in [-0.39, 0.29) is 11.7 Å². The highest BCUT2D eigenvalue weighted by Gasteiger charge is 2.29. The predicted molar refractivity (Wildman–Crippen MR) is 102 cm³/mol. The number of fused-ring (bicyclic) bond motifs is 2. The van der Waals surface area contributed by atoms with Crippen LogP contribution in [-0.4, -0.2) is 38.1 Å². The number of sulfonamides is 1. The number of carbonyl (C=O) groups excluding carboxylic acids is 1. The van der Waals surface area contributed by atoms with Crippen LogP contribution in [0.15, 0.2) is 42.5 Å². The summed E-state index contributed by atoms with van der Waals surface area (Å²) >= 11 is 0. The Hall–Kier alpha value is -2.34. The number of hydrogen-bond donors (Lipinski definition) is 0. The Morgan fingerprint density at radius 3 is 2.50 bits per heavy atom. The van der Waals surface area contributed by atoms with E-state index in [9.17, 15) is 13.2 Å². The predicted octanol–water partition coefficient (Wildman–Crippen LogP) is 2.60. The molecule has 0 spiro atoms. The van der Waals surface area contributed by atoms with Crippen LogP contribution in [0.2, 0.25) is 0 Å². The van der Waals surface area contributed by atoms with Gasteiger partial charge >= 0.3 is 0 Å². The second-order valence-corrected chi connectivity index (χ2v) is 8.99. The molecule has 0 saturated carbocycles. The maximum Gasteiger partial charge on any atom is 0.254 e. The van der Waals surface area contributed by atoms with Crippen molar-refractivity contribution in [3.8, 4) is 0 Å². The number of amides is 1. The van der Waals surface area contributed by atoms with Crippen LogP contribution in [0.1, 0.15) is 34.0 Å². The number of rotatable bonds is 3. The van der Waals surface area contributed by atoms with Crippen molar-refractivity contribution in [2.75, 3.05) is 23.1 Å². The van der Waals surface area contributed by atoms with Gasteiger partial charge in [0.15, 0.2) is 0 Å². The highest BCUT2D eigenvalue weighted by Crippen LogP contribution is 2.32.